The SMILES string of the molecule is C[C@H]1CCc2c(ccc(-c3cnn(C4CCN(CC5CN(C(=O)O)C5)CC4)c3)c2OC2CCC2)N1C(=O)C1CC1. The lowest BCUT2D eigenvalue weighted by atomic mass is 9.91. The van der Waals surface area contributed by atoms with Crippen LogP contribution in [0.3, 0.4) is 0 Å². The van der Waals surface area contributed by atoms with Gasteiger partial charge in [-0.2, -0.15) is 5.10 Å². The Morgan fingerprint density at radius 3 is 2.50 bits per heavy atom. The summed E-state index contributed by atoms with van der Waals surface area (Å²) in [5.41, 5.74) is 4.42. The summed E-state index contributed by atoms with van der Waals surface area (Å²) in [5, 5.41) is 13.9. The number of anilines is 1. The highest BCUT2D eigenvalue weighted by Gasteiger charge is 2.40. The fourth-order valence-corrected chi connectivity index (χ4v) is 6.93. The number of hydrogen-bond donors (Lipinski definition) is 1. The Balaban J connectivity index is 1.08. The van der Waals surface area contributed by atoms with Crippen LogP contribution < -0.4 is 9.64 Å². The summed E-state index contributed by atoms with van der Waals surface area (Å²) in [5.74, 6) is 1.90. The molecule has 3 aliphatic heterocycles. The maximum Gasteiger partial charge on any atom is 0.407 e. The van der Waals surface area contributed by atoms with Gasteiger partial charge in [-0.05, 0) is 76.8 Å². The van der Waals surface area contributed by atoms with Crippen LogP contribution in [0.2, 0.25) is 0 Å². The number of hydrogen-bond acceptors (Lipinski definition) is 5. The largest absolute Gasteiger partial charge is 0.489 e. The van der Waals surface area contributed by atoms with Crippen LogP contribution in [0.1, 0.15) is 69.9 Å². The highest BCUT2D eigenvalue weighted by Crippen LogP contribution is 2.46. The van der Waals surface area contributed by atoms with E-state index < -0.39 is 6.09 Å². The van der Waals surface area contributed by atoms with Gasteiger partial charge in [-0.1, -0.05) is 0 Å². The molecule has 2 saturated carbocycles. The first-order valence-corrected chi connectivity index (χ1v) is 15.3. The van der Waals surface area contributed by atoms with E-state index in [-0.39, 0.29) is 24.0 Å². The maximum absolute atomic E-state index is 13.3. The van der Waals surface area contributed by atoms with Gasteiger partial charge >= 0.3 is 6.09 Å². The molecule has 0 spiro atoms. The highest BCUT2D eigenvalue weighted by atomic mass is 16.5. The van der Waals surface area contributed by atoms with Crippen LogP contribution >= 0.6 is 0 Å². The molecule has 2 aliphatic carbocycles. The van der Waals surface area contributed by atoms with Crippen molar-refractivity contribution < 1.29 is 19.4 Å². The van der Waals surface area contributed by atoms with Crippen LogP contribution in [0.25, 0.3) is 11.1 Å². The zero-order valence-electron chi connectivity index (χ0n) is 23.5. The molecule has 2 aromatic rings. The summed E-state index contributed by atoms with van der Waals surface area (Å²) in [6.45, 7) is 6.51. The minimum Gasteiger partial charge on any atom is -0.489 e. The molecule has 5 aliphatic rings. The minimum atomic E-state index is -0.803. The molecule has 9 heteroatoms. The Bertz CT molecular complexity index is 1270. The van der Waals surface area contributed by atoms with E-state index in [2.05, 4.69) is 39.7 Å². The monoisotopic (exact) mass is 547 g/mol. The molecule has 1 aromatic carbocycles. The van der Waals surface area contributed by atoms with Crippen LogP contribution in [-0.2, 0) is 11.2 Å². The predicted molar refractivity (Wildman–Crippen MR) is 152 cm³/mol. The molecule has 214 valence electrons. The molecule has 0 unspecified atom stereocenters. The number of likely N-dealkylation sites (tertiary alicyclic amines) is 2. The Morgan fingerprint density at radius 1 is 1.05 bits per heavy atom. The van der Waals surface area contributed by atoms with Crippen LogP contribution in [0.15, 0.2) is 24.5 Å². The van der Waals surface area contributed by atoms with Gasteiger partial charge in [-0.25, -0.2) is 4.79 Å². The average Bonchev–Trinajstić information content (AvgIpc) is 3.64. The van der Waals surface area contributed by atoms with Crippen molar-refractivity contribution in [2.45, 2.75) is 82.9 Å². The first-order valence-electron chi connectivity index (χ1n) is 15.3. The van der Waals surface area contributed by atoms with Crippen molar-refractivity contribution in [3.8, 4) is 16.9 Å². The normalized spacial score (nSPS) is 24.4. The van der Waals surface area contributed by atoms with Gasteiger partial charge < -0.3 is 24.5 Å². The summed E-state index contributed by atoms with van der Waals surface area (Å²) in [6, 6.07) is 4.89. The number of carbonyl (C=O) groups is 2. The number of rotatable bonds is 7. The predicted octanol–water partition coefficient (Wildman–Crippen LogP) is 4.81. The summed E-state index contributed by atoms with van der Waals surface area (Å²) in [6.07, 6.45) is 13.0. The molecule has 1 atom stereocenters. The molecule has 2 amide bonds. The van der Waals surface area contributed by atoms with Gasteiger partial charge in [-0.3, -0.25) is 9.48 Å². The Kier molecular flexibility index (Phi) is 6.72. The third-order valence-corrected chi connectivity index (χ3v) is 9.84. The third kappa shape index (κ3) is 4.86. The van der Waals surface area contributed by atoms with E-state index in [0.717, 1.165) is 93.6 Å². The number of carbonyl (C=O) groups excluding carboxylic acids is 1. The van der Waals surface area contributed by atoms with Gasteiger partial charge in [0.25, 0.3) is 0 Å². The van der Waals surface area contributed by atoms with E-state index in [1.807, 2.05) is 6.20 Å². The molecule has 7 rings (SSSR count). The average molecular weight is 548 g/mol. The van der Waals surface area contributed by atoms with Gasteiger partial charge in [0.15, 0.2) is 0 Å². The summed E-state index contributed by atoms with van der Waals surface area (Å²) >= 11 is 0. The zero-order chi connectivity index (χ0) is 27.4. The topological polar surface area (TPSA) is 91.1 Å². The van der Waals surface area contributed by atoms with Crippen LogP contribution in [0, 0.1) is 11.8 Å². The van der Waals surface area contributed by atoms with Crippen molar-refractivity contribution in [1.29, 1.82) is 0 Å². The summed E-state index contributed by atoms with van der Waals surface area (Å²) in [7, 11) is 0. The number of piperidine rings is 1. The van der Waals surface area contributed by atoms with E-state index in [0.29, 0.717) is 25.0 Å². The molecule has 4 fully saturated rings. The molecule has 2 saturated heterocycles. The lowest BCUT2D eigenvalue weighted by Gasteiger charge is -2.41. The lowest BCUT2D eigenvalue weighted by molar-refractivity contribution is -0.120. The highest BCUT2D eigenvalue weighted by molar-refractivity contribution is 5.99. The second kappa shape index (κ2) is 10.4. The number of benzene rings is 1. The van der Waals surface area contributed by atoms with Crippen molar-refractivity contribution in [3.05, 3.63) is 30.1 Å². The Labute approximate surface area is 236 Å². The standard InChI is InChI=1S/C31H41N5O4/c1-20-5-8-27-28(36(20)30(37)22-6-7-22)10-9-26(29(27)40-25-3-2-4-25)23-15-32-35(19-23)24-11-13-33(14-12-24)16-21-17-34(18-21)31(38)39/h9-10,15,19-22,24-25H,2-8,11-14,16-18H2,1H3,(H,38,39)/t20-/m0/s1. The molecule has 0 radical (unpaired) electrons. The van der Waals surface area contributed by atoms with E-state index in [9.17, 15) is 9.59 Å². The number of carboxylic acid groups (broad SMARTS) is 1. The van der Waals surface area contributed by atoms with Crippen LogP contribution in [0.4, 0.5) is 10.5 Å². The first kappa shape index (κ1) is 25.9. The fraction of sp³-hybridized carbons (Fsp3) is 0.645. The number of aromatic nitrogens is 2. The van der Waals surface area contributed by atoms with E-state index in [1.165, 1.54) is 16.9 Å². The molecule has 40 heavy (non-hydrogen) atoms. The van der Waals surface area contributed by atoms with E-state index in [1.54, 1.807) is 0 Å². The van der Waals surface area contributed by atoms with E-state index >= 15 is 0 Å². The van der Waals surface area contributed by atoms with Gasteiger partial charge in [0, 0.05) is 73.5 Å². The van der Waals surface area contributed by atoms with Gasteiger partial charge in [-0.15, -0.1) is 0 Å². The lowest BCUT2D eigenvalue weighted by Crippen LogP contribution is -2.54. The Hall–Kier alpha value is -3.07. The van der Waals surface area contributed by atoms with Crippen molar-refractivity contribution in [3.63, 3.8) is 0 Å². The van der Waals surface area contributed by atoms with Crippen molar-refractivity contribution in [1.82, 2.24) is 19.6 Å². The fourth-order valence-electron chi connectivity index (χ4n) is 6.93. The number of ether oxygens (including phenoxy) is 1. The maximum atomic E-state index is 13.3. The molecule has 4 heterocycles. The molecule has 9 nitrogen and oxygen atoms in total. The smallest absolute Gasteiger partial charge is 0.407 e. The second-order valence-electron chi connectivity index (χ2n) is 12.8. The van der Waals surface area contributed by atoms with E-state index in [4.69, 9.17) is 14.9 Å². The first-order chi connectivity index (χ1) is 19.4. The number of nitrogens with zero attached hydrogens (tertiary/aromatic N) is 5. The van der Waals surface area contributed by atoms with Crippen LogP contribution in [-0.4, -0.2) is 81.6 Å². The molecular formula is C31H41N5O4. The third-order valence-electron chi connectivity index (χ3n) is 9.84. The summed E-state index contributed by atoms with van der Waals surface area (Å²) < 4.78 is 8.83. The second-order valence-corrected chi connectivity index (χ2v) is 12.8. The van der Waals surface area contributed by atoms with Crippen molar-refractivity contribution >= 4 is 17.7 Å². The molecule has 0 bridgehead atoms. The number of fused-ring (bicyclic) bond motifs is 1. The van der Waals surface area contributed by atoms with Crippen molar-refractivity contribution in [2.24, 2.45) is 11.8 Å². The van der Waals surface area contributed by atoms with Crippen molar-refractivity contribution in [2.75, 3.05) is 37.6 Å². The molecule has 1 N–H and O–H groups in total. The van der Waals surface area contributed by atoms with Gasteiger partial charge in [0.05, 0.1) is 24.0 Å². The summed E-state index contributed by atoms with van der Waals surface area (Å²) in [4.78, 5) is 30.3. The molecular weight excluding hydrogens is 506 g/mol. The minimum absolute atomic E-state index is 0.196. The Morgan fingerprint density at radius 2 is 1.82 bits per heavy atom. The molecule has 1 aromatic heterocycles. The van der Waals surface area contributed by atoms with Gasteiger partial charge in [0.2, 0.25) is 5.91 Å². The number of amides is 2. The quantitative estimate of drug-likeness (QED) is 0.535. The van der Waals surface area contributed by atoms with Gasteiger partial charge in [0.1, 0.15) is 5.75 Å². The van der Waals surface area contributed by atoms with Crippen LogP contribution in [0.5, 0.6) is 5.75 Å². The zero-order valence-corrected chi connectivity index (χ0v) is 23.5.